The first-order chi connectivity index (χ1) is 13.0. The summed E-state index contributed by atoms with van der Waals surface area (Å²) in [5.74, 6) is -1.30. The Balaban J connectivity index is 1.95. The Labute approximate surface area is 158 Å². The monoisotopic (exact) mass is 371 g/mol. The Kier molecular flexibility index (Phi) is 7.54. The van der Waals surface area contributed by atoms with E-state index < -0.39 is 31.6 Å². The standard InChI is InChI=1S/C19H22BNO6/c1-3-4-5-6-13(2)11-26-19(24)17(10-22)21-18(23)14-7-8-15-12-27-20(25)16(15)9-14/h3-9,17,22,25H,1,10-12H2,2H3,(H,21,23)/b5-4-,13-6+/t17-/m0/s1. The van der Waals surface area contributed by atoms with Crippen molar-refractivity contribution >= 4 is 24.5 Å². The SMILES string of the molecule is C=C/C=C\C=C(/C)COC(=O)[C@H](CO)NC(=O)c1ccc2c(c1)B(O)OC2. The lowest BCUT2D eigenvalue weighted by molar-refractivity contribution is -0.145. The molecule has 8 heteroatoms. The van der Waals surface area contributed by atoms with E-state index in [0.29, 0.717) is 5.46 Å². The normalized spacial score (nSPS) is 14.8. The number of ether oxygens (including phenoxy) is 1. The van der Waals surface area contributed by atoms with Gasteiger partial charge in [0.15, 0.2) is 6.04 Å². The first-order valence-electron chi connectivity index (χ1n) is 8.42. The van der Waals surface area contributed by atoms with Crippen LogP contribution in [-0.4, -0.2) is 48.4 Å². The van der Waals surface area contributed by atoms with E-state index in [1.807, 2.05) is 0 Å². The molecule has 0 saturated carbocycles. The van der Waals surface area contributed by atoms with Crippen molar-refractivity contribution < 1.29 is 29.1 Å². The highest BCUT2D eigenvalue weighted by atomic mass is 16.5. The van der Waals surface area contributed by atoms with Crippen molar-refractivity contribution in [3.05, 3.63) is 65.8 Å². The van der Waals surface area contributed by atoms with Crippen LogP contribution in [0.5, 0.6) is 0 Å². The third kappa shape index (κ3) is 5.65. The summed E-state index contributed by atoms with van der Waals surface area (Å²) in [5, 5.41) is 21.6. The predicted molar refractivity (Wildman–Crippen MR) is 101 cm³/mol. The summed E-state index contributed by atoms with van der Waals surface area (Å²) in [6, 6.07) is 3.55. The van der Waals surface area contributed by atoms with Crippen LogP contribution < -0.4 is 10.8 Å². The number of carbonyl (C=O) groups is 2. The summed E-state index contributed by atoms with van der Waals surface area (Å²) < 4.78 is 10.2. The summed E-state index contributed by atoms with van der Waals surface area (Å²) in [5.41, 5.74) is 2.34. The van der Waals surface area contributed by atoms with Gasteiger partial charge in [-0.15, -0.1) is 0 Å². The molecule has 1 aromatic rings. The highest BCUT2D eigenvalue weighted by molar-refractivity contribution is 6.61. The molecule has 1 aliphatic heterocycles. The average molecular weight is 371 g/mol. The molecule has 1 heterocycles. The van der Waals surface area contributed by atoms with E-state index in [0.717, 1.165) is 11.1 Å². The summed E-state index contributed by atoms with van der Waals surface area (Å²) in [4.78, 5) is 24.5. The second kappa shape index (κ2) is 9.87. The number of aliphatic hydroxyl groups excluding tert-OH is 1. The minimum Gasteiger partial charge on any atom is -0.460 e. The van der Waals surface area contributed by atoms with E-state index in [2.05, 4.69) is 11.9 Å². The second-order valence-electron chi connectivity index (χ2n) is 6.03. The largest absolute Gasteiger partial charge is 0.491 e. The van der Waals surface area contributed by atoms with Gasteiger partial charge in [-0.05, 0) is 35.7 Å². The number of carbonyl (C=O) groups excluding carboxylic acids is 2. The van der Waals surface area contributed by atoms with E-state index in [-0.39, 0.29) is 18.8 Å². The van der Waals surface area contributed by atoms with Gasteiger partial charge in [0.1, 0.15) is 6.61 Å². The molecule has 142 valence electrons. The second-order valence-corrected chi connectivity index (χ2v) is 6.03. The number of aliphatic hydroxyl groups is 1. The molecular weight excluding hydrogens is 349 g/mol. The molecule has 0 spiro atoms. The van der Waals surface area contributed by atoms with Crippen molar-refractivity contribution in [2.75, 3.05) is 13.2 Å². The Morgan fingerprint density at radius 2 is 2.22 bits per heavy atom. The fraction of sp³-hybridized carbons (Fsp3) is 0.263. The van der Waals surface area contributed by atoms with Gasteiger partial charge >= 0.3 is 13.1 Å². The molecule has 0 unspecified atom stereocenters. The van der Waals surface area contributed by atoms with Gasteiger partial charge in [0.25, 0.3) is 5.91 Å². The van der Waals surface area contributed by atoms with E-state index >= 15 is 0 Å². The van der Waals surface area contributed by atoms with Crippen LogP contribution in [-0.2, 0) is 20.8 Å². The first kappa shape index (κ1) is 20.6. The molecule has 0 bridgehead atoms. The number of benzene rings is 1. The minimum atomic E-state index is -1.19. The van der Waals surface area contributed by atoms with Crippen LogP contribution >= 0.6 is 0 Å². The third-order valence-corrected chi connectivity index (χ3v) is 3.91. The predicted octanol–water partition coefficient (Wildman–Crippen LogP) is 0.227. The van der Waals surface area contributed by atoms with Gasteiger partial charge < -0.3 is 24.8 Å². The first-order valence-corrected chi connectivity index (χ1v) is 8.42. The quantitative estimate of drug-likeness (QED) is 0.343. The molecule has 27 heavy (non-hydrogen) atoms. The maximum absolute atomic E-state index is 12.4. The zero-order valence-corrected chi connectivity index (χ0v) is 15.1. The van der Waals surface area contributed by atoms with Crippen LogP contribution in [0.3, 0.4) is 0 Å². The maximum atomic E-state index is 12.4. The number of hydrogen-bond donors (Lipinski definition) is 3. The van der Waals surface area contributed by atoms with Gasteiger partial charge in [0.05, 0.1) is 13.2 Å². The lowest BCUT2D eigenvalue weighted by Gasteiger charge is -2.16. The number of fused-ring (bicyclic) bond motifs is 1. The number of rotatable bonds is 8. The van der Waals surface area contributed by atoms with Crippen LogP contribution in [0, 0.1) is 0 Å². The van der Waals surface area contributed by atoms with Crippen LogP contribution in [0.2, 0.25) is 0 Å². The zero-order valence-electron chi connectivity index (χ0n) is 15.1. The van der Waals surface area contributed by atoms with Crippen molar-refractivity contribution in [1.29, 1.82) is 0 Å². The van der Waals surface area contributed by atoms with Gasteiger partial charge in [-0.3, -0.25) is 4.79 Å². The fourth-order valence-corrected chi connectivity index (χ4v) is 2.41. The summed E-state index contributed by atoms with van der Waals surface area (Å²) in [7, 11) is -1.07. The van der Waals surface area contributed by atoms with Gasteiger partial charge in [0, 0.05) is 5.56 Å². The number of allylic oxidation sites excluding steroid dienone is 4. The van der Waals surface area contributed by atoms with Crippen molar-refractivity contribution in [2.24, 2.45) is 0 Å². The van der Waals surface area contributed by atoms with Crippen molar-refractivity contribution in [2.45, 2.75) is 19.6 Å². The Bertz CT molecular complexity index is 773. The highest BCUT2D eigenvalue weighted by Crippen LogP contribution is 2.11. The summed E-state index contributed by atoms with van der Waals surface area (Å²) in [6.45, 7) is 5.05. The van der Waals surface area contributed by atoms with Gasteiger partial charge in [-0.25, -0.2) is 4.79 Å². The molecule has 1 aliphatic rings. The molecular formula is C19H22BNO6. The number of hydrogen-bond acceptors (Lipinski definition) is 6. The molecule has 3 N–H and O–H groups in total. The molecule has 0 fully saturated rings. The lowest BCUT2D eigenvalue weighted by Crippen LogP contribution is -2.44. The van der Waals surface area contributed by atoms with Gasteiger partial charge in [-0.1, -0.05) is 36.9 Å². The smallest absolute Gasteiger partial charge is 0.460 e. The maximum Gasteiger partial charge on any atom is 0.491 e. The van der Waals surface area contributed by atoms with E-state index in [1.54, 1.807) is 43.4 Å². The zero-order chi connectivity index (χ0) is 19.8. The Hall–Kier alpha value is -2.68. The molecule has 2 rings (SSSR count). The molecule has 0 saturated heterocycles. The van der Waals surface area contributed by atoms with Crippen LogP contribution in [0.25, 0.3) is 0 Å². The third-order valence-electron chi connectivity index (χ3n) is 3.91. The van der Waals surface area contributed by atoms with Crippen LogP contribution in [0.15, 0.2) is 54.7 Å². The Morgan fingerprint density at radius 1 is 1.44 bits per heavy atom. The van der Waals surface area contributed by atoms with Gasteiger partial charge in [0.2, 0.25) is 0 Å². The highest BCUT2D eigenvalue weighted by Gasteiger charge is 2.29. The number of esters is 1. The summed E-state index contributed by atoms with van der Waals surface area (Å²) >= 11 is 0. The minimum absolute atomic E-state index is 0.0368. The molecule has 7 nitrogen and oxygen atoms in total. The molecule has 1 aromatic carbocycles. The van der Waals surface area contributed by atoms with Crippen LogP contribution in [0.4, 0.5) is 0 Å². The number of nitrogens with one attached hydrogen (secondary N) is 1. The average Bonchev–Trinajstić information content (AvgIpc) is 3.04. The Morgan fingerprint density at radius 3 is 2.93 bits per heavy atom. The molecule has 1 amide bonds. The van der Waals surface area contributed by atoms with Crippen molar-refractivity contribution in [3.63, 3.8) is 0 Å². The van der Waals surface area contributed by atoms with E-state index in [4.69, 9.17) is 9.39 Å². The van der Waals surface area contributed by atoms with Gasteiger partial charge in [-0.2, -0.15) is 0 Å². The van der Waals surface area contributed by atoms with Crippen molar-refractivity contribution in [1.82, 2.24) is 5.32 Å². The van der Waals surface area contributed by atoms with E-state index in [1.165, 1.54) is 6.07 Å². The van der Waals surface area contributed by atoms with Crippen LogP contribution in [0.1, 0.15) is 22.8 Å². The van der Waals surface area contributed by atoms with Crippen molar-refractivity contribution in [3.8, 4) is 0 Å². The van der Waals surface area contributed by atoms with E-state index in [9.17, 15) is 19.7 Å². The molecule has 0 radical (unpaired) electrons. The lowest BCUT2D eigenvalue weighted by atomic mass is 9.79. The fourth-order valence-electron chi connectivity index (χ4n) is 2.41. The number of amides is 1. The molecule has 0 aromatic heterocycles. The molecule has 0 aliphatic carbocycles. The summed E-state index contributed by atoms with van der Waals surface area (Å²) in [6.07, 6.45) is 6.88. The molecule has 1 atom stereocenters. The topological polar surface area (TPSA) is 105 Å².